The van der Waals surface area contributed by atoms with Crippen LogP contribution < -0.4 is 5.32 Å². The molecule has 1 rings (SSSR count). The van der Waals surface area contributed by atoms with Crippen molar-refractivity contribution in [2.75, 3.05) is 20.2 Å². The number of unbranched alkanes of at least 4 members (excludes halogenated alkanes) is 2. The molecule has 1 saturated heterocycles. The maximum atomic E-state index is 5.10. The molecule has 0 aromatic heterocycles. The molecule has 1 aliphatic heterocycles. The number of epoxide rings is 1. The average molecular weight is 143 g/mol. The van der Waals surface area contributed by atoms with Crippen LogP contribution in [-0.4, -0.2) is 26.3 Å². The predicted molar refractivity (Wildman–Crippen MR) is 42.1 cm³/mol. The second kappa shape index (κ2) is 4.69. The Morgan fingerprint density at radius 3 is 2.80 bits per heavy atom. The monoisotopic (exact) mass is 143 g/mol. The van der Waals surface area contributed by atoms with Gasteiger partial charge in [-0.3, -0.25) is 0 Å². The van der Waals surface area contributed by atoms with Crippen LogP contribution in [0.3, 0.4) is 0 Å². The van der Waals surface area contributed by atoms with E-state index in [1.807, 2.05) is 7.05 Å². The van der Waals surface area contributed by atoms with Crippen LogP contribution in [-0.2, 0) is 4.74 Å². The quantitative estimate of drug-likeness (QED) is 0.446. The van der Waals surface area contributed by atoms with Crippen molar-refractivity contribution in [1.82, 2.24) is 5.32 Å². The van der Waals surface area contributed by atoms with E-state index in [4.69, 9.17) is 4.74 Å². The Morgan fingerprint density at radius 2 is 2.20 bits per heavy atom. The molecule has 1 fully saturated rings. The van der Waals surface area contributed by atoms with Crippen LogP contribution in [0, 0.1) is 0 Å². The zero-order chi connectivity index (χ0) is 7.23. The summed E-state index contributed by atoms with van der Waals surface area (Å²) < 4.78 is 5.10. The van der Waals surface area contributed by atoms with E-state index in [1.54, 1.807) is 0 Å². The van der Waals surface area contributed by atoms with E-state index in [1.165, 1.54) is 25.7 Å². The van der Waals surface area contributed by atoms with Gasteiger partial charge in [0, 0.05) is 0 Å². The Labute approximate surface area is 63.0 Å². The number of rotatable bonds is 6. The molecule has 1 atom stereocenters. The summed E-state index contributed by atoms with van der Waals surface area (Å²) in [6.07, 6.45) is 5.91. The second-order valence-corrected chi connectivity index (χ2v) is 2.91. The van der Waals surface area contributed by atoms with Crippen molar-refractivity contribution >= 4 is 0 Å². The van der Waals surface area contributed by atoms with Crippen molar-refractivity contribution in [3.8, 4) is 0 Å². The van der Waals surface area contributed by atoms with Gasteiger partial charge in [0.15, 0.2) is 0 Å². The first-order valence-electron chi connectivity index (χ1n) is 4.19. The molecule has 1 heterocycles. The smallest absolute Gasteiger partial charge is 0.0810 e. The summed E-state index contributed by atoms with van der Waals surface area (Å²) in [6, 6.07) is 0. The van der Waals surface area contributed by atoms with Crippen LogP contribution in [0.25, 0.3) is 0 Å². The van der Waals surface area contributed by atoms with Gasteiger partial charge in [-0.2, -0.15) is 0 Å². The lowest BCUT2D eigenvalue weighted by Gasteiger charge is -1.97. The van der Waals surface area contributed by atoms with E-state index >= 15 is 0 Å². The molecule has 60 valence electrons. The number of hydrogen-bond acceptors (Lipinski definition) is 2. The molecule has 2 nitrogen and oxygen atoms in total. The molecule has 1 N–H and O–H groups in total. The highest BCUT2D eigenvalue weighted by Crippen LogP contribution is 2.16. The average Bonchev–Trinajstić information content (AvgIpc) is 2.71. The third-order valence-electron chi connectivity index (χ3n) is 1.86. The van der Waals surface area contributed by atoms with E-state index in [0.29, 0.717) is 6.10 Å². The highest BCUT2D eigenvalue weighted by atomic mass is 16.6. The fraction of sp³-hybridized carbons (Fsp3) is 1.00. The summed E-state index contributed by atoms with van der Waals surface area (Å²) in [7, 11) is 2.00. The topological polar surface area (TPSA) is 24.6 Å². The predicted octanol–water partition coefficient (Wildman–Crippen LogP) is 1.16. The van der Waals surface area contributed by atoms with Crippen LogP contribution >= 0.6 is 0 Å². The highest BCUT2D eigenvalue weighted by Gasteiger charge is 2.20. The van der Waals surface area contributed by atoms with E-state index in [-0.39, 0.29) is 0 Å². The van der Waals surface area contributed by atoms with Gasteiger partial charge in [-0.1, -0.05) is 12.8 Å². The maximum absolute atomic E-state index is 5.10. The first kappa shape index (κ1) is 8.02. The molecule has 2 heteroatoms. The highest BCUT2D eigenvalue weighted by molar-refractivity contribution is 4.68. The zero-order valence-corrected chi connectivity index (χ0v) is 6.73. The van der Waals surface area contributed by atoms with Crippen molar-refractivity contribution < 1.29 is 4.74 Å². The molecule has 0 aromatic rings. The fourth-order valence-corrected chi connectivity index (χ4v) is 1.09. The third-order valence-corrected chi connectivity index (χ3v) is 1.86. The summed E-state index contributed by atoms with van der Waals surface area (Å²) in [5.74, 6) is 0. The standard InChI is InChI=1S/C8H17NO/c1-9-6-4-2-3-5-8-7-10-8/h8-9H,2-7H2,1H3. The molecule has 0 aromatic carbocycles. The van der Waals surface area contributed by atoms with Gasteiger partial charge in [-0.15, -0.1) is 0 Å². The first-order valence-corrected chi connectivity index (χ1v) is 4.19. The normalized spacial score (nSPS) is 23.1. The molecule has 0 bridgehead atoms. The molecule has 0 spiro atoms. The van der Waals surface area contributed by atoms with Gasteiger partial charge in [0.05, 0.1) is 12.7 Å². The molecule has 1 unspecified atom stereocenters. The van der Waals surface area contributed by atoms with Crippen LogP contribution in [0.1, 0.15) is 25.7 Å². The van der Waals surface area contributed by atoms with Crippen molar-refractivity contribution in [2.24, 2.45) is 0 Å². The number of hydrogen-bond donors (Lipinski definition) is 1. The van der Waals surface area contributed by atoms with Crippen LogP contribution in [0.5, 0.6) is 0 Å². The van der Waals surface area contributed by atoms with Gasteiger partial charge in [0.2, 0.25) is 0 Å². The summed E-state index contributed by atoms with van der Waals surface area (Å²) in [5, 5.41) is 3.14. The molecular formula is C8H17NO. The lowest BCUT2D eigenvalue weighted by Crippen LogP contribution is -2.07. The number of ether oxygens (including phenoxy) is 1. The SMILES string of the molecule is CNCCCCCC1CO1. The fourth-order valence-electron chi connectivity index (χ4n) is 1.09. The molecule has 0 aliphatic carbocycles. The summed E-state index contributed by atoms with van der Waals surface area (Å²) in [5.41, 5.74) is 0. The third kappa shape index (κ3) is 3.85. The van der Waals surface area contributed by atoms with Crippen molar-refractivity contribution in [3.63, 3.8) is 0 Å². The molecule has 1 aliphatic rings. The maximum Gasteiger partial charge on any atom is 0.0810 e. The van der Waals surface area contributed by atoms with Gasteiger partial charge in [0.1, 0.15) is 0 Å². The molecular weight excluding hydrogens is 126 g/mol. The van der Waals surface area contributed by atoms with E-state index in [0.717, 1.165) is 13.2 Å². The zero-order valence-electron chi connectivity index (χ0n) is 6.73. The van der Waals surface area contributed by atoms with E-state index in [9.17, 15) is 0 Å². The largest absolute Gasteiger partial charge is 0.373 e. The molecule has 10 heavy (non-hydrogen) atoms. The van der Waals surface area contributed by atoms with Gasteiger partial charge < -0.3 is 10.1 Å². The Bertz CT molecular complexity index is 81.3. The van der Waals surface area contributed by atoms with Gasteiger partial charge in [0.25, 0.3) is 0 Å². The Hall–Kier alpha value is -0.0800. The minimum Gasteiger partial charge on any atom is -0.373 e. The Kier molecular flexibility index (Phi) is 3.76. The molecule has 0 amide bonds. The first-order chi connectivity index (χ1) is 4.93. The van der Waals surface area contributed by atoms with E-state index in [2.05, 4.69) is 5.32 Å². The Balaban J connectivity index is 1.68. The lowest BCUT2D eigenvalue weighted by molar-refractivity contribution is 0.388. The minimum absolute atomic E-state index is 0.634. The van der Waals surface area contributed by atoms with Gasteiger partial charge in [-0.05, 0) is 26.4 Å². The lowest BCUT2D eigenvalue weighted by atomic mass is 10.1. The summed E-state index contributed by atoms with van der Waals surface area (Å²) in [4.78, 5) is 0. The molecule has 0 radical (unpaired) electrons. The Morgan fingerprint density at radius 1 is 1.40 bits per heavy atom. The minimum atomic E-state index is 0.634. The summed E-state index contributed by atoms with van der Waals surface area (Å²) >= 11 is 0. The van der Waals surface area contributed by atoms with Crippen molar-refractivity contribution in [1.29, 1.82) is 0 Å². The van der Waals surface area contributed by atoms with Gasteiger partial charge in [-0.25, -0.2) is 0 Å². The number of nitrogens with one attached hydrogen (secondary N) is 1. The molecule has 0 saturated carbocycles. The van der Waals surface area contributed by atoms with Crippen molar-refractivity contribution in [3.05, 3.63) is 0 Å². The van der Waals surface area contributed by atoms with Crippen molar-refractivity contribution in [2.45, 2.75) is 31.8 Å². The van der Waals surface area contributed by atoms with Gasteiger partial charge >= 0.3 is 0 Å². The van der Waals surface area contributed by atoms with E-state index < -0.39 is 0 Å². The van der Waals surface area contributed by atoms with Crippen LogP contribution in [0.15, 0.2) is 0 Å². The van der Waals surface area contributed by atoms with Crippen LogP contribution in [0.4, 0.5) is 0 Å². The second-order valence-electron chi connectivity index (χ2n) is 2.91. The van der Waals surface area contributed by atoms with Crippen LogP contribution in [0.2, 0.25) is 0 Å². The summed E-state index contributed by atoms with van der Waals surface area (Å²) in [6.45, 7) is 2.18.